The van der Waals surface area contributed by atoms with Gasteiger partial charge in [0.05, 0.1) is 0 Å². The lowest BCUT2D eigenvalue weighted by Crippen LogP contribution is -2.35. The van der Waals surface area contributed by atoms with E-state index in [9.17, 15) is 13.6 Å². The van der Waals surface area contributed by atoms with E-state index in [4.69, 9.17) is 10.2 Å². The summed E-state index contributed by atoms with van der Waals surface area (Å²) in [5, 5.41) is 25.1. The van der Waals surface area contributed by atoms with Gasteiger partial charge in [0.15, 0.2) is 6.10 Å². The molecule has 0 aliphatic heterocycles. The van der Waals surface area contributed by atoms with Crippen LogP contribution in [0.5, 0.6) is 0 Å². The molecule has 0 radical (unpaired) electrons. The van der Waals surface area contributed by atoms with Crippen molar-refractivity contribution in [2.75, 3.05) is 0 Å². The van der Waals surface area contributed by atoms with E-state index in [1.807, 2.05) is 0 Å². The summed E-state index contributed by atoms with van der Waals surface area (Å²) in [6, 6.07) is 0. The summed E-state index contributed by atoms with van der Waals surface area (Å²) in [5.74, 6) is -3.86. The molecule has 1 unspecified atom stereocenters. The minimum Gasteiger partial charge on any atom is -0.479 e. The Morgan fingerprint density at radius 1 is 1.61 bits per heavy atom. The normalized spacial score (nSPS) is 20.4. The van der Waals surface area contributed by atoms with E-state index in [-0.39, 0.29) is 31.7 Å². The minimum atomic E-state index is -2.64. The van der Waals surface area contributed by atoms with Crippen molar-refractivity contribution in [1.82, 2.24) is 14.8 Å². The van der Waals surface area contributed by atoms with Crippen LogP contribution in [0.25, 0.3) is 0 Å². The lowest BCUT2D eigenvalue weighted by Gasteiger charge is -2.34. The van der Waals surface area contributed by atoms with Crippen LogP contribution in [0, 0.1) is 0 Å². The van der Waals surface area contributed by atoms with Crippen LogP contribution in [0.15, 0.2) is 6.33 Å². The molecule has 100 valence electrons. The molecule has 1 aromatic rings. The highest BCUT2D eigenvalue weighted by Crippen LogP contribution is 2.47. The molecule has 8 heteroatoms. The third kappa shape index (κ3) is 2.63. The van der Waals surface area contributed by atoms with E-state index in [1.54, 1.807) is 0 Å². The first-order valence-electron chi connectivity index (χ1n) is 5.55. The molecule has 1 fully saturated rings. The quantitative estimate of drug-likeness (QED) is 0.811. The zero-order chi connectivity index (χ0) is 13.3. The average Bonchev–Trinajstić information content (AvgIpc) is 2.69. The van der Waals surface area contributed by atoms with Crippen molar-refractivity contribution >= 4 is 5.97 Å². The molecular weight excluding hydrogens is 248 g/mol. The number of aliphatic carboxylic acids is 1. The van der Waals surface area contributed by atoms with Gasteiger partial charge in [-0.05, 0) is 0 Å². The SMILES string of the molecule is O=C(O)C(O)CCn1cnnc1C1CC(F)(F)C1. The molecule has 0 aromatic carbocycles. The highest BCUT2D eigenvalue weighted by molar-refractivity contribution is 5.71. The van der Waals surface area contributed by atoms with Gasteiger partial charge in [0.1, 0.15) is 12.2 Å². The number of aliphatic hydroxyl groups is 1. The van der Waals surface area contributed by atoms with Crippen molar-refractivity contribution in [3.8, 4) is 0 Å². The molecular formula is C10H13F2N3O3. The number of halogens is 2. The topological polar surface area (TPSA) is 88.2 Å². The minimum absolute atomic E-state index is 0.0104. The third-order valence-electron chi connectivity index (χ3n) is 3.03. The Labute approximate surface area is 101 Å². The van der Waals surface area contributed by atoms with Crippen LogP contribution in [-0.4, -0.2) is 43.0 Å². The molecule has 1 aliphatic rings. The summed E-state index contributed by atoms with van der Waals surface area (Å²) in [7, 11) is 0. The highest BCUT2D eigenvalue weighted by atomic mass is 19.3. The number of carbonyl (C=O) groups is 1. The molecule has 1 saturated carbocycles. The number of carboxylic acids is 1. The molecule has 6 nitrogen and oxygen atoms in total. The van der Waals surface area contributed by atoms with Gasteiger partial charge in [-0.2, -0.15) is 0 Å². The Kier molecular flexibility index (Phi) is 3.29. The van der Waals surface area contributed by atoms with Gasteiger partial charge in [-0.3, -0.25) is 0 Å². The van der Waals surface area contributed by atoms with Gasteiger partial charge in [-0.25, -0.2) is 13.6 Å². The van der Waals surface area contributed by atoms with Crippen molar-refractivity contribution < 1.29 is 23.8 Å². The van der Waals surface area contributed by atoms with Crippen LogP contribution in [0.3, 0.4) is 0 Å². The van der Waals surface area contributed by atoms with Gasteiger partial charge in [0.2, 0.25) is 5.92 Å². The van der Waals surface area contributed by atoms with Crippen LogP contribution < -0.4 is 0 Å². The molecule has 2 rings (SSSR count). The van der Waals surface area contributed by atoms with Crippen LogP contribution in [0.1, 0.15) is 31.0 Å². The monoisotopic (exact) mass is 261 g/mol. The first kappa shape index (κ1) is 12.9. The summed E-state index contributed by atoms with van der Waals surface area (Å²) < 4.78 is 27.0. The van der Waals surface area contributed by atoms with Crippen molar-refractivity contribution in [2.24, 2.45) is 0 Å². The van der Waals surface area contributed by atoms with Crippen LogP contribution in [-0.2, 0) is 11.3 Å². The molecule has 0 spiro atoms. The smallest absolute Gasteiger partial charge is 0.332 e. The standard InChI is InChI=1S/C10H13F2N3O3/c11-10(12)3-6(4-10)8-14-13-5-15(8)2-1-7(16)9(17)18/h5-7,16H,1-4H2,(H,17,18). The van der Waals surface area contributed by atoms with E-state index in [0.29, 0.717) is 5.82 Å². The van der Waals surface area contributed by atoms with Gasteiger partial charge < -0.3 is 14.8 Å². The van der Waals surface area contributed by atoms with Gasteiger partial charge in [-0.15, -0.1) is 10.2 Å². The first-order chi connectivity index (χ1) is 8.39. The van der Waals surface area contributed by atoms with E-state index >= 15 is 0 Å². The first-order valence-corrected chi connectivity index (χ1v) is 5.55. The van der Waals surface area contributed by atoms with Crippen LogP contribution in [0.4, 0.5) is 8.78 Å². The zero-order valence-corrected chi connectivity index (χ0v) is 9.46. The van der Waals surface area contributed by atoms with Crippen LogP contribution in [0.2, 0.25) is 0 Å². The van der Waals surface area contributed by atoms with Crippen LogP contribution >= 0.6 is 0 Å². The molecule has 0 amide bonds. The molecule has 1 aliphatic carbocycles. The van der Waals surface area contributed by atoms with Gasteiger partial charge >= 0.3 is 5.97 Å². The summed E-state index contributed by atoms with van der Waals surface area (Å²) in [6.45, 7) is 0.192. The molecule has 1 atom stereocenters. The molecule has 2 N–H and O–H groups in total. The molecule has 18 heavy (non-hydrogen) atoms. The second kappa shape index (κ2) is 4.60. The Morgan fingerprint density at radius 2 is 2.28 bits per heavy atom. The maximum atomic E-state index is 12.8. The van der Waals surface area contributed by atoms with E-state index in [1.165, 1.54) is 10.9 Å². The maximum Gasteiger partial charge on any atom is 0.332 e. The fourth-order valence-corrected chi connectivity index (χ4v) is 1.98. The lowest BCUT2D eigenvalue weighted by atomic mass is 9.81. The molecule has 0 saturated heterocycles. The van der Waals surface area contributed by atoms with Crippen molar-refractivity contribution in [3.05, 3.63) is 12.2 Å². The second-order valence-corrected chi connectivity index (χ2v) is 4.49. The van der Waals surface area contributed by atoms with Gasteiger partial charge in [-0.1, -0.05) is 0 Å². The number of hydrogen-bond donors (Lipinski definition) is 2. The summed E-state index contributed by atoms with van der Waals surface area (Å²) in [6.07, 6.45) is -0.632. The van der Waals surface area contributed by atoms with Gasteiger partial charge in [0, 0.05) is 31.7 Å². The third-order valence-corrected chi connectivity index (χ3v) is 3.03. The lowest BCUT2D eigenvalue weighted by molar-refractivity contribution is -0.147. The van der Waals surface area contributed by atoms with Crippen molar-refractivity contribution in [3.63, 3.8) is 0 Å². The summed E-state index contributed by atoms with van der Waals surface area (Å²) >= 11 is 0. The van der Waals surface area contributed by atoms with Crippen molar-refractivity contribution in [2.45, 2.75) is 43.8 Å². The maximum absolute atomic E-state index is 12.8. The largest absolute Gasteiger partial charge is 0.479 e. The fourth-order valence-electron chi connectivity index (χ4n) is 1.98. The number of carboxylic acid groups (broad SMARTS) is 1. The number of hydrogen-bond acceptors (Lipinski definition) is 4. The number of alkyl halides is 2. The Balaban J connectivity index is 1.94. The van der Waals surface area contributed by atoms with Crippen molar-refractivity contribution in [1.29, 1.82) is 0 Å². The average molecular weight is 261 g/mol. The number of aryl methyl sites for hydroxylation is 1. The predicted molar refractivity (Wildman–Crippen MR) is 55.2 cm³/mol. The number of rotatable bonds is 5. The number of aromatic nitrogens is 3. The molecule has 1 heterocycles. The molecule has 0 bridgehead atoms. The molecule has 1 aromatic heterocycles. The Hall–Kier alpha value is -1.57. The van der Waals surface area contributed by atoms with E-state index < -0.39 is 18.0 Å². The number of nitrogens with zero attached hydrogens (tertiary/aromatic N) is 3. The summed E-state index contributed by atoms with van der Waals surface area (Å²) in [4.78, 5) is 10.4. The fraction of sp³-hybridized carbons (Fsp3) is 0.700. The van der Waals surface area contributed by atoms with E-state index in [2.05, 4.69) is 10.2 Å². The Morgan fingerprint density at radius 3 is 2.83 bits per heavy atom. The second-order valence-electron chi connectivity index (χ2n) is 4.49. The van der Waals surface area contributed by atoms with E-state index in [0.717, 1.165) is 0 Å². The predicted octanol–water partition coefficient (Wildman–Crippen LogP) is 0.626. The Bertz CT molecular complexity index is 441. The zero-order valence-electron chi connectivity index (χ0n) is 9.46. The highest BCUT2D eigenvalue weighted by Gasteiger charge is 2.47. The van der Waals surface area contributed by atoms with Gasteiger partial charge in [0.25, 0.3) is 0 Å². The summed E-state index contributed by atoms with van der Waals surface area (Å²) in [5.41, 5.74) is 0. The number of aliphatic hydroxyl groups excluding tert-OH is 1.